The minimum atomic E-state index is -1.43. The highest BCUT2D eigenvalue weighted by Gasteiger charge is 2.32. The first-order valence-corrected chi connectivity index (χ1v) is 8.63. The van der Waals surface area contributed by atoms with Crippen LogP contribution in [0.1, 0.15) is 34.1 Å². The number of carboxylic acid groups (broad SMARTS) is 1. The van der Waals surface area contributed by atoms with Crippen molar-refractivity contribution in [3.8, 4) is 0 Å². The second-order valence-electron chi connectivity index (χ2n) is 6.80. The molecule has 4 amide bonds. The maximum Gasteiger partial charge on any atom is 0.325 e. The summed E-state index contributed by atoms with van der Waals surface area (Å²) in [5.41, 5.74) is 10.6. The summed E-state index contributed by atoms with van der Waals surface area (Å²) in [5.74, 6) is -5.14. The summed E-state index contributed by atoms with van der Waals surface area (Å²) in [6, 6.07) is -5.09. The minimum Gasteiger partial charge on any atom is -0.480 e. The summed E-state index contributed by atoms with van der Waals surface area (Å²) in [6.45, 7) is 5.76. The lowest BCUT2D eigenvalue weighted by Crippen LogP contribution is -2.59. The molecule has 0 radical (unpaired) electrons. The van der Waals surface area contributed by atoms with E-state index >= 15 is 0 Å². The van der Waals surface area contributed by atoms with Crippen LogP contribution in [0.15, 0.2) is 0 Å². The van der Waals surface area contributed by atoms with Gasteiger partial charge in [-0.15, -0.1) is 0 Å². The van der Waals surface area contributed by atoms with E-state index < -0.39 is 72.2 Å². The minimum absolute atomic E-state index is 0.430. The van der Waals surface area contributed by atoms with Crippen LogP contribution < -0.4 is 27.4 Å². The van der Waals surface area contributed by atoms with Gasteiger partial charge in [0.2, 0.25) is 23.6 Å². The molecule has 0 fully saturated rings. The summed E-state index contributed by atoms with van der Waals surface area (Å²) < 4.78 is 0. The summed E-state index contributed by atoms with van der Waals surface area (Å²) in [6.07, 6.45) is -1.72. The van der Waals surface area contributed by atoms with Crippen LogP contribution in [0.3, 0.4) is 0 Å². The van der Waals surface area contributed by atoms with Crippen molar-refractivity contribution in [3.05, 3.63) is 0 Å². The fourth-order valence-corrected chi connectivity index (χ4v) is 2.05. The van der Waals surface area contributed by atoms with E-state index in [1.807, 2.05) is 0 Å². The van der Waals surface area contributed by atoms with E-state index in [0.717, 1.165) is 0 Å². The normalized spacial score (nSPS) is 16.2. The second kappa shape index (κ2) is 11.2. The van der Waals surface area contributed by atoms with Crippen LogP contribution in [0, 0.1) is 5.92 Å². The van der Waals surface area contributed by atoms with Gasteiger partial charge in [0.15, 0.2) is 0 Å². The van der Waals surface area contributed by atoms with Crippen molar-refractivity contribution in [1.29, 1.82) is 0 Å². The van der Waals surface area contributed by atoms with Crippen molar-refractivity contribution in [2.24, 2.45) is 17.4 Å². The maximum absolute atomic E-state index is 12.6. The number of carboxylic acids is 1. The van der Waals surface area contributed by atoms with Gasteiger partial charge in [0.1, 0.15) is 24.2 Å². The number of rotatable bonds is 11. The summed E-state index contributed by atoms with van der Waals surface area (Å²) in [7, 11) is 0. The van der Waals surface area contributed by atoms with Crippen molar-refractivity contribution < 1.29 is 34.2 Å². The fourth-order valence-electron chi connectivity index (χ4n) is 2.05. The maximum atomic E-state index is 12.6. The molecule has 0 aliphatic carbocycles. The van der Waals surface area contributed by atoms with Gasteiger partial charge in [-0.2, -0.15) is 0 Å². The standard InChI is InChI=1S/C16H29N5O7/c1-6(2)12(21-14(25)11(18)8(4)22)15(26)20-9(5-10(17)23)13(24)19-7(3)16(27)28/h6-9,11-12,22H,5,18H2,1-4H3,(H2,17,23)(H,19,24)(H,20,26)(H,21,25)(H,27,28). The van der Waals surface area contributed by atoms with Gasteiger partial charge in [0.25, 0.3) is 0 Å². The lowest BCUT2D eigenvalue weighted by atomic mass is 10.0. The highest BCUT2D eigenvalue weighted by atomic mass is 16.4. The molecule has 0 saturated heterocycles. The molecule has 0 rings (SSSR count). The van der Waals surface area contributed by atoms with E-state index in [1.54, 1.807) is 13.8 Å². The number of carbonyl (C=O) groups is 5. The van der Waals surface area contributed by atoms with Crippen LogP contribution in [0.2, 0.25) is 0 Å². The Hall–Kier alpha value is -2.73. The van der Waals surface area contributed by atoms with Gasteiger partial charge in [0.05, 0.1) is 12.5 Å². The van der Waals surface area contributed by atoms with Gasteiger partial charge >= 0.3 is 5.97 Å². The van der Waals surface area contributed by atoms with Crippen LogP contribution in [0.4, 0.5) is 0 Å². The highest BCUT2D eigenvalue weighted by Crippen LogP contribution is 2.05. The third-order valence-electron chi connectivity index (χ3n) is 3.84. The van der Waals surface area contributed by atoms with Crippen LogP contribution >= 0.6 is 0 Å². The van der Waals surface area contributed by atoms with Crippen molar-refractivity contribution in [1.82, 2.24) is 16.0 Å². The number of carbonyl (C=O) groups excluding carboxylic acids is 4. The van der Waals surface area contributed by atoms with E-state index in [-0.39, 0.29) is 0 Å². The fraction of sp³-hybridized carbons (Fsp3) is 0.688. The molecule has 5 unspecified atom stereocenters. The van der Waals surface area contributed by atoms with E-state index in [2.05, 4.69) is 16.0 Å². The SMILES string of the molecule is CC(NC(=O)C(CC(N)=O)NC(=O)C(NC(=O)C(N)C(C)O)C(C)C)C(=O)O. The van der Waals surface area contributed by atoms with E-state index in [9.17, 15) is 29.1 Å². The van der Waals surface area contributed by atoms with E-state index in [4.69, 9.17) is 16.6 Å². The number of nitrogens with two attached hydrogens (primary N) is 2. The zero-order valence-electron chi connectivity index (χ0n) is 16.3. The van der Waals surface area contributed by atoms with Gasteiger partial charge in [-0.1, -0.05) is 13.8 Å². The number of nitrogens with one attached hydrogen (secondary N) is 3. The third-order valence-corrected chi connectivity index (χ3v) is 3.84. The van der Waals surface area contributed by atoms with Crippen molar-refractivity contribution in [2.45, 2.75) is 64.4 Å². The van der Waals surface area contributed by atoms with Gasteiger partial charge in [-0.25, -0.2) is 0 Å². The first kappa shape index (κ1) is 25.3. The highest BCUT2D eigenvalue weighted by molar-refractivity contribution is 5.96. The molecule has 12 heteroatoms. The molecule has 160 valence electrons. The number of hydrogen-bond donors (Lipinski definition) is 7. The predicted octanol–water partition coefficient (Wildman–Crippen LogP) is -3.22. The molecule has 0 heterocycles. The lowest BCUT2D eigenvalue weighted by Gasteiger charge is -2.26. The number of primary amides is 1. The number of aliphatic hydroxyl groups is 1. The Labute approximate surface area is 162 Å². The summed E-state index contributed by atoms with van der Waals surface area (Å²) >= 11 is 0. The van der Waals surface area contributed by atoms with Gasteiger partial charge in [-0.3, -0.25) is 24.0 Å². The molecular weight excluding hydrogens is 374 g/mol. The van der Waals surface area contributed by atoms with Crippen molar-refractivity contribution in [3.63, 3.8) is 0 Å². The Bertz CT molecular complexity index is 608. The number of amides is 4. The zero-order valence-corrected chi connectivity index (χ0v) is 16.3. The lowest BCUT2D eigenvalue weighted by molar-refractivity contribution is -0.142. The molecule has 0 spiro atoms. The van der Waals surface area contributed by atoms with Crippen molar-refractivity contribution in [2.75, 3.05) is 0 Å². The Morgan fingerprint density at radius 3 is 1.82 bits per heavy atom. The number of hydrogen-bond acceptors (Lipinski definition) is 7. The smallest absolute Gasteiger partial charge is 0.325 e. The second-order valence-corrected chi connectivity index (χ2v) is 6.80. The van der Waals surface area contributed by atoms with E-state index in [1.165, 1.54) is 13.8 Å². The molecule has 0 bridgehead atoms. The van der Waals surface area contributed by atoms with Crippen LogP contribution in [0.25, 0.3) is 0 Å². The molecule has 0 aromatic heterocycles. The van der Waals surface area contributed by atoms with E-state index in [0.29, 0.717) is 0 Å². The third kappa shape index (κ3) is 8.31. The molecule has 9 N–H and O–H groups in total. The summed E-state index contributed by atoms with van der Waals surface area (Å²) in [5, 5.41) is 25.0. The number of aliphatic carboxylic acids is 1. The van der Waals surface area contributed by atoms with Gasteiger partial charge in [-0.05, 0) is 19.8 Å². The van der Waals surface area contributed by atoms with Gasteiger partial charge < -0.3 is 37.6 Å². The van der Waals surface area contributed by atoms with Gasteiger partial charge in [0, 0.05) is 0 Å². The molecule has 28 heavy (non-hydrogen) atoms. The number of aliphatic hydroxyl groups excluding tert-OH is 1. The molecule has 0 aliphatic rings. The van der Waals surface area contributed by atoms with Crippen molar-refractivity contribution >= 4 is 29.6 Å². The monoisotopic (exact) mass is 403 g/mol. The quantitative estimate of drug-likeness (QED) is 0.186. The Balaban J connectivity index is 5.32. The predicted molar refractivity (Wildman–Crippen MR) is 97.4 cm³/mol. The zero-order chi connectivity index (χ0) is 22.2. The Morgan fingerprint density at radius 2 is 1.43 bits per heavy atom. The average Bonchev–Trinajstić information content (AvgIpc) is 2.56. The van der Waals surface area contributed by atoms with Crippen LogP contribution in [-0.4, -0.2) is 70.1 Å². The van der Waals surface area contributed by atoms with Crippen LogP contribution in [-0.2, 0) is 24.0 Å². The first-order chi connectivity index (χ1) is 12.8. The average molecular weight is 403 g/mol. The molecular formula is C16H29N5O7. The molecule has 5 atom stereocenters. The largest absolute Gasteiger partial charge is 0.480 e. The summed E-state index contributed by atoms with van der Waals surface area (Å²) in [4.78, 5) is 58.9. The van der Waals surface area contributed by atoms with Crippen LogP contribution in [0.5, 0.6) is 0 Å². The molecule has 0 aromatic carbocycles. The molecule has 0 saturated carbocycles. The Kier molecular flexibility index (Phi) is 10.1. The topological polar surface area (TPSA) is 214 Å². The molecule has 12 nitrogen and oxygen atoms in total. The molecule has 0 aromatic rings. The Morgan fingerprint density at radius 1 is 0.893 bits per heavy atom. The first-order valence-electron chi connectivity index (χ1n) is 8.63. The molecule has 0 aliphatic heterocycles.